The van der Waals surface area contributed by atoms with E-state index in [0.717, 1.165) is 36.6 Å². The molecule has 112 valence electrons. The predicted molar refractivity (Wildman–Crippen MR) is 81.6 cm³/mol. The van der Waals surface area contributed by atoms with Gasteiger partial charge in [-0.05, 0) is 58.1 Å². The van der Waals surface area contributed by atoms with Crippen LogP contribution < -0.4 is 5.32 Å². The standard InChI is InChI=1S/C17H28N2O/c1-12-6-7-19(13(2)8-12)11-15-9-17(20-14(15)3)10-18-16-4-5-16/h9,12-13,16,18H,4-8,10-11H2,1-3H3. The molecule has 3 nitrogen and oxygen atoms in total. The van der Waals surface area contributed by atoms with Crippen molar-refractivity contribution >= 4 is 0 Å². The van der Waals surface area contributed by atoms with Crippen molar-refractivity contribution in [3.05, 3.63) is 23.2 Å². The summed E-state index contributed by atoms with van der Waals surface area (Å²) < 4.78 is 5.90. The second-order valence-electron chi connectivity index (χ2n) is 6.90. The van der Waals surface area contributed by atoms with Crippen LogP contribution in [0.25, 0.3) is 0 Å². The number of rotatable bonds is 5. The van der Waals surface area contributed by atoms with E-state index in [4.69, 9.17) is 4.42 Å². The molecule has 1 aliphatic carbocycles. The smallest absolute Gasteiger partial charge is 0.118 e. The summed E-state index contributed by atoms with van der Waals surface area (Å²) in [6.07, 6.45) is 5.32. The molecule has 1 aromatic heterocycles. The number of aryl methyl sites for hydroxylation is 1. The van der Waals surface area contributed by atoms with Gasteiger partial charge in [0.1, 0.15) is 11.5 Å². The first-order valence-electron chi connectivity index (χ1n) is 8.17. The Balaban J connectivity index is 1.58. The third-order valence-corrected chi connectivity index (χ3v) is 4.86. The molecule has 1 N–H and O–H groups in total. The lowest BCUT2D eigenvalue weighted by Crippen LogP contribution is -2.39. The molecular weight excluding hydrogens is 248 g/mol. The Morgan fingerprint density at radius 3 is 2.80 bits per heavy atom. The van der Waals surface area contributed by atoms with E-state index < -0.39 is 0 Å². The lowest BCUT2D eigenvalue weighted by Gasteiger charge is -2.36. The van der Waals surface area contributed by atoms with Gasteiger partial charge in [0.15, 0.2) is 0 Å². The maximum atomic E-state index is 5.90. The zero-order chi connectivity index (χ0) is 14.1. The van der Waals surface area contributed by atoms with Crippen LogP contribution in [0.2, 0.25) is 0 Å². The summed E-state index contributed by atoms with van der Waals surface area (Å²) in [7, 11) is 0. The van der Waals surface area contributed by atoms with Gasteiger partial charge in [-0.15, -0.1) is 0 Å². The molecular formula is C17H28N2O. The first-order chi connectivity index (χ1) is 9.61. The lowest BCUT2D eigenvalue weighted by molar-refractivity contribution is 0.121. The fourth-order valence-corrected chi connectivity index (χ4v) is 3.27. The average molecular weight is 276 g/mol. The molecule has 0 radical (unpaired) electrons. The number of furan rings is 1. The fraction of sp³-hybridized carbons (Fsp3) is 0.765. The maximum Gasteiger partial charge on any atom is 0.118 e. The van der Waals surface area contributed by atoms with Crippen molar-refractivity contribution in [1.29, 1.82) is 0 Å². The molecule has 2 atom stereocenters. The molecule has 2 heterocycles. The summed E-state index contributed by atoms with van der Waals surface area (Å²) in [6, 6.07) is 3.70. The highest BCUT2D eigenvalue weighted by atomic mass is 16.3. The van der Waals surface area contributed by atoms with Gasteiger partial charge in [0.25, 0.3) is 0 Å². The Hall–Kier alpha value is -0.800. The van der Waals surface area contributed by atoms with Gasteiger partial charge < -0.3 is 9.73 Å². The van der Waals surface area contributed by atoms with Crippen molar-refractivity contribution in [1.82, 2.24) is 10.2 Å². The van der Waals surface area contributed by atoms with E-state index in [1.165, 1.54) is 37.8 Å². The van der Waals surface area contributed by atoms with Crippen LogP contribution in [-0.4, -0.2) is 23.5 Å². The maximum absolute atomic E-state index is 5.90. The summed E-state index contributed by atoms with van der Waals surface area (Å²) >= 11 is 0. The Morgan fingerprint density at radius 1 is 1.30 bits per heavy atom. The topological polar surface area (TPSA) is 28.4 Å². The quantitative estimate of drug-likeness (QED) is 0.892. The molecule has 0 amide bonds. The highest BCUT2D eigenvalue weighted by Gasteiger charge is 2.24. The van der Waals surface area contributed by atoms with Gasteiger partial charge >= 0.3 is 0 Å². The van der Waals surface area contributed by atoms with E-state index in [2.05, 4.69) is 37.1 Å². The molecule has 3 rings (SSSR count). The van der Waals surface area contributed by atoms with Gasteiger partial charge in [0, 0.05) is 24.2 Å². The molecule has 3 heteroatoms. The van der Waals surface area contributed by atoms with Crippen molar-refractivity contribution in [2.45, 2.75) is 71.6 Å². The van der Waals surface area contributed by atoms with Gasteiger partial charge in [-0.3, -0.25) is 4.90 Å². The molecule has 0 spiro atoms. The summed E-state index contributed by atoms with van der Waals surface area (Å²) in [4.78, 5) is 2.61. The number of hydrogen-bond donors (Lipinski definition) is 1. The third kappa shape index (κ3) is 3.44. The molecule has 2 aliphatic rings. The van der Waals surface area contributed by atoms with Crippen molar-refractivity contribution in [3.8, 4) is 0 Å². The Labute approximate surface area is 122 Å². The van der Waals surface area contributed by atoms with E-state index in [0.29, 0.717) is 6.04 Å². The molecule has 2 unspecified atom stereocenters. The highest BCUT2D eigenvalue weighted by Crippen LogP contribution is 2.26. The van der Waals surface area contributed by atoms with Gasteiger partial charge in [-0.1, -0.05) is 6.92 Å². The number of likely N-dealkylation sites (tertiary alicyclic amines) is 1. The van der Waals surface area contributed by atoms with E-state index in [-0.39, 0.29) is 0 Å². The van der Waals surface area contributed by atoms with Gasteiger partial charge in [0.2, 0.25) is 0 Å². The van der Waals surface area contributed by atoms with Crippen molar-refractivity contribution in [2.24, 2.45) is 5.92 Å². The summed E-state index contributed by atoms with van der Waals surface area (Å²) in [5, 5.41) is 3.52. The van der Waals surface area contributed by atoms with Gasteiger partial charge in [-0.25, -0.2) is 0 Å². The Bertz CT molecular complexity index is 450. The molecule has 2 fully saturated rings. The second kappa shape index (κ2) is 5.90. The first kappa shape index (κ1) is 14.2. The minimum Gasteiger partial charge on any atom is -0.465 e. The Kier molecular flexibility index (Phi) is 4.18. The van der Waals surface area contributed by atoms with Crippen LogP contribution in [0.3, 0.4) is 0 Å². The summed E-state index contributed by atoms with van der Waals surface area (Å²) in [6.45, 7) is 10.00. The van der Waals surface area contributed by atoms with Crippen LogP contribution in [-0.2, 0) is 13.1 Å². The van der Waals surface area contributed by atoms with E-state index >= 15 is 0 Å². The second-order valence-corrected chi connectivity index (χ2v) is 6.90. The largest absolute Gasteiger partial charge is 0.465 e. The number of nitrogens with zero attached hydrogens (tertiary/aromatic N) is 1. The van der Waals surface area contributed by atoms with Gasteiger partial charge in [0.05, 0.1) is 6.54 Å². The van der Waals surface area contributed by atoms with Crippen molar-refractivity contribution in [2.75, 3.05) is 6.54 Å². The minimum absolute atomic E-state index is 0.695. The Morgan fingerprint density at radius 2 is 2.10 bits per heavy atom. The van der Waals surface area contributed by atoms with E-state index in [1.54, 1.807) is 0 Å². The monoisotopic (exact) mass is 276 g/mol. The molecule has 0 bridgehead atoms. The molecule has 1 saturated carbocycles. The fourth-order valence-electron chi connectivity index (χ4n) is 3.27. The van der Waals surface area contributed by atoms with Crippen LogP contribution in [0.5, 0.6) is 0 Å². The van der Waals surface area contributed by atoms with E-state index in [1.807, 2.05) is 0 Å². The first-order valence-corrected chi connectivity index (χ1v) is 8.17. The molecule has 0 aromatic carbocycles. The number of hydrogen-bond acceptors (Lipinski definition) is 3. The predicted octanol–water partition coefficient (Wildman–Crippen LogP) is 3.46. The zero-order valence-electron chi connectivity index (χ0n) is 13.1. The van der Waals surface area contributed by atoms with Crippen molar-refractivity contribution in [3.63, 3.8) is 0 Å². The van der Waals surface area contributed by atoms with Crippen LogP contribution in [0.15, 0.2) is 10.5 Å². The average Bonchev–Trinajstić information content (AvgIpc) is 3.16. The number of piperidine rings is 1. The lowest BCUT2D eigenvalue weighted by atomic mass is 9.93. The zero-order valence-corrected chi connectivity index (χ0v) is 13.1. The molecule has 1 aromatic rings. The van der Waals surface area contributed by atoms with Crippen LogP contribution >= 0.6 is 0 Å². The summed E-state index contributed by atoms with van der Waals surface area (Å²) in [5.74, 6) is 3.08. The van der Waals surface area contributed by atoms with Crippen LogP contribution in [0.1, 0.15) is 56.6 Å². The van der Waals surface area contributed by atoms with E-state index in [9.17, 15) is 0 Å². The van der Waals surface area contributed by atoms with Crippen LogP contribution in [0, 0.1) is 12.8 Å². The van der Waals surface area contributed by atoms with Gasteiger partial charge in [-0.2, -0.15) is 0 Å². The number of nitrogens with one attached hydrogen (secondary N) is 1. The molecule has 20 heavy (non-hydrogen) atoms. The molecule has 1 aliphatic heterocycles. The summed E-state index contributed by atoms with van der Waals surface area (Å²) in [5.41, 5.74) is 1.37. The molecule has 1 saturated heterocycles. The minimum atomic E-state index is 0.695. The van der Waals surface area contributed by atoms with Crippen molar-refractivity contribution < 1.29 is 4.42 Å². The van der Waals surface area contributed by atoms with Crippen LogP contribution in [0.4, 0.5) is 0 Å². The highest BCUT2D eigenvalue weighted by molar-refractivity contribution is 5.21. The SMILES string of the molecule is Cc1oc(CNC2CC2)cc1CN1CCC(C)CC1C. The normalized spacial score (nSPS) is 27.9. The third-order valence-electron chi connectivity index (χ3n) is 4.86.